The summed E-state index contributed by atoms with van der Waals surface area (Å²) in [6.45, 7) is 47.4. The average molecular weight is 1920 g/mol. The first-order valence-electron chi connectivity index (χ1n) is 46.9. The van der Waals surface area contributed by atoms with Crippen molar-refractivity contribution in [2.75, 3.05) is 415 Å². The van der Waals surface area contributed by atoms with Crippen molar-refractivity contribution in [3.63, 3.8) is 0 Å². The lowest BCUT2D eigenvalue weighted by Crippen LogP contribution is -2.41. The van der Waals surface area contributed by atoms with E-state index in [0.717, 1.165) is 60.8 Å². The van der Waals surface area contributed by atoms with Crippen LogP contribution in [0, 0.1) is 0 Å². The van der Waals surface area contributed by atoms with Crippen molar-refractivity contribution in [3.05, 3.63) is 0 Å². The highest BCUT2D eigenvalue weighted by atomic mass is 32.2. The molecule has 0 rings (SSSR count). The number of hydrogen-bond donors (Lipinski definition) is 3. The summed E-state index contributed by atoms with van der Waals surface area (Å²) in [6, 6.07) is 3.17. The molecule has 0 aromatic carbocycles. The van der Waals surface area contributed by atoms with E-state index in [0.29, 0.717) is 390 Å². The van der Waals surface area contributed by atoms with E-state index >= 15 is 0 Å². The summed E-state index contributed by atoms with van der Waals surface area (Å²) in [6.07, 6.45) is 3.68. The second-order valence-electron chi connectivity index (χ2n) is 30.0. The molecule has 0 aliphatic rings. The van der Waals surface area contributed by atoms with E-state index in [2.05, 4.69) is 20.4 Å². The molecule has 40 heteroatoms. The monoisotopic (exact) mass is 1920 g/mol. The van der Waals surface area contributed by atoms with E-state index in [9.17, 15) is 9.59 Å². The summed E-state index contributed by atoms with van der Waals surface area (Å²) in [4.78, 5) is 21.3. The van der Waals surface area contributed by atoms with Gasteiger partial charge in [-0.3, -0.25) is 0 Å². The van der Waals surface area contributed by atoms with Crippen LogP contribution in [0.5, 0.6) is 0 Å². The number of hydrogen-bond acceptors (Lipinski definition) is 37. The lowest BCUT2D eigenvalue weighted by atomic mass is 10.3. The standard InChI is InChI=1S/C87H180O36SSi3/c1-10-71-125(89)80-127(9,81-126(90)72-11-2)73-13-70-124-69-12-14-91-15-16-92-17-18-93-19-20-94-21-22-95-23-24-96-25-26-97-27-28-98-29-30-99-31-32-100-33-34-101-35-36-102-37-38-103-39-40-104-41-42-105-43-44-106-45-46-107-47-48-108-49-50-109-51-52-110-53-54-111-55-56-112-57-58-113-59-60-114-61-62-115-63-64-116-65-66-117-67-68-118-83(4)75-120-85(6)77-122-87(8)79-123-86(7)78-121-84(5)76-119-82(3)74-88/h82-90H,10-81H2,1-9H3. The summed E-state index contributed by atoms with van der Waals surface area (Å²) >= 11 is 1.99. The van der Waals surface area contributed by atoms with Crippen LogP contribution in [-0.4, -0.2) is 492 Å². The van der Waals surface area contributed by atoms with Crippen LogP contribution >= 0.6 is 11.8 Å². The molecule has 6 unspecified atom stereocenters. The Morgan fingerprint density at radius 2 is 0.378 bits per heavy atom. The van der Waals surface area contributed by atoms with E-state index in [4.69, 9.17) is 161 Å². The van der Waals surface area contributed by atoms with Gasteiger partial charge in [0.1, 0.15) is 0 Å². The second-order valence-corrected chi connectivity index (χ2v) is 41.4. The van der Waals surface area contributed by atoms with Crippen molar-refractivity contribution in [1.29, 1.82) is 0 Å². The zero-order valence-corrected chi connectivity index (χ0v) is 83.9. The Labute approximate surface area is 773 Å². The SMILES string of the molecule is CCC[Si](O)C[Si](C)(CCCSCCCOCCOCCOCCOCCOCCOCCOCCOCCOCCOCCOCCOCCOCCOCCOCCOCCOCCOCCOCCOCCOCCOCCOCCOCCOCCOCCOCCOC(C)COC(C)COC(C)COC(C)COC(C)COC(C)CO)C[Si](O)CCC. The third-order valence-electron chi connectivity index (χ3n) is 17.6. The van der Waals surface area contributed by atoms with Crippen LogP contribution in [0.1, 0.15) is 81.1 Å². The third-order valence-corrected chi connectivity index (χ3v) is 32.6. The number of rotatable bonds is 114. The van der Waals surface area contributed by atoms with E-state index in [-0.39, 0.29) is 43.2 Å². The fourth-order valence-electron chi connectivity index (χ4n) is 10.9. The first-order chi connectivity index (χ1) is 62.3. The van der Waals surface area contributed by atoms with Crippen LogP contribution < -0.4 is 0 Å². The third kappa shape index (κ3) is 104. The Morgan fingerprint density at radius 1 is 0.220 bits per heavy atom. The van der Waals surface area contributed by atoms with Gasteiger partial charge in [-0.2, -0.15) is 11.8 Å². The predicted molar refractivity (Wildman–Crippen MR) is 490 cm³/mol. The fraction of sp³-hybridized carbons (Fsp3) is 1.00. The molecule has 36 nitrogen and oxygen atoms in total. The first-order valence-corrected chi connectivity index (χ1v) is 54.9. The Morgan fingerprint density at radius 3 is 0.559 bits per heavy atom. The quantitative estimate of drug-likeness (QED) is 0.0443. The molecule has 2 radical (unpaired) electrons. The minimum Gasteiger partial charge on any atom is -0.432 e. The van der Waals surface area contributed by atoms with Gasteiger partial charge in [0.2, 0.25) is 18.1 Å². The van der Waals surface area contributed by atoms with Gasteiger partial charge < -0.3 is 171 Å². The Hall–Kier alpha value is -0.439. The van der Waals surface area contributed by atoms with E-state index in [1.165, 1.54) is 12.5 Å². The molecule has 0 aliphatic carbocycles. The van der Waals surface area contributed by atoms with Gasteiger partial charge >= 0.3 is 0 Å². The fourth-order valence-corrected chi connectivity index (χ4v) is 26.5. The molecule has 0 fully saturated rings. The highest BCUT2D eigenvalue weighted by Gasteiger charge is 2.33. The molecule has 0 aromatic rings. The second kappa shape index (κ2) is 106. The van der Waals surface area contributed by atoms with Gasteiger partial charge in [0, 0.05) is 14.7 Å². The molecule has 3 N–H and O–H groups in total. The molecule has 6 atom stereocenters. The summed E-state index contributed by atoms with van der Waals surface area (Å²) in [5, 5.41) is 9.08. The van der Waals surface area contributed by atoms with Crippen LogP contribution in [-0.2, 0) is 156 Å². The highest BCUT2D eigenvalue weighted by Crippen LogP contribution is 2.28. The van der Waals surface area contributed by atoms with Gasteiger partial charge in [-0.05, 0) is 89.3 Å². The molecular weight excluding hydrogens is 1740 g/mol. The van der Waals surface area contributed by atoms with Crippen LogP contribution in [0.2, 0.25) is 36.0 Å². The topological polar surface area (TPSA) is 365 Å². The zero-order chi connectivity index (χ0) is 92.1. The highest BCUT2D eigenvalue weighted by molar-refractivity contribution is 7.99. The Bertz CT molecular complexity index is 2050. The maximum Gasteiger partial charge on any atom is 0.204 e. The summed E-state index contributed by atoms with van der Waals surface area (Å²) in [5.74, 6) is 2.24. The Kier molecular flexibility index (Phi) is 106. The molecular formula is C87H180O36SSi3. The van der Waals surface area contributed by atoms with Crippen LogP contribution in [0.15, 0.2) is 0 Å². The van der Waals surface area contributed by atoms with Gasteiger partial charge in [-0.15, -0.1) is 0 Å². The van der Waals surface area contributed by atoms with Crippen molar-refractivity contribution < 1.29 is 171 Å². The van der Waals surface area contributed by atoms with Crippen molar-refractivity contribution >= 4 is 37.9 Å². The van der Waals surface area contributed by atoms with Crippen molar-refractivity contribution in [2.45, 2.75) is 154 Å². The smallest absolute Gasteiger partial charge is 0.204 e. The van der Waals surface area contributed by atoms with E-state index in [1.54, 1.807) is 0 Å². The summed E-state index contributed by atoms with van der Waals surface area (Å²) in [5.41, 5.74) is 2.07. The molecule has 762 valence electrons. The molecule has 0 heterocycles. The maximum atomic E-state index is 10.6. The normalized spacial score (nSPS) is 13.7. The van der Waals surface area contributed by atoms with Crippen molar-refractivity contribution in [3.8, 4) is 0 Å². The predicted octanol–water partition coefficient (Wildman–Crippen LogP) is 6.32. The van der Waals surface area contributed by atoms with Gasteiger partial charge in [0.05, 0.1) is 433 Å². The lowest BCUT2D eigenvalue weighted by molar-refractivity contribution is -0.104. The largest absolute Gasteiger partial charge is 0.432 e. The van der Waals surface area contributed by atoms with Crippen LogP contribution in [0.25, 0.3) is 0 Å². The van der Waals surface area contributed by atoms with Gasteiger partial charge in [0.15, 0.2) is 0 Å². The first kappa shape index (κ1) is 127. The molecule has 0 amide bonds. The van der Waals surface area contributed by atoms with E-state index in [1.807, 2.05) is 53.3 Å². The number of thioether (sulfide) groups is 1. The van der Waals surface area contributed by atoms with Crippen molar-refractivity contribution in [1.82, 2.24) is 0 Å². The van der Waals surface area contributed by atoms with Crippen LogP contribution in [0.3, 0.4) is 0 Å². The minimum absolute atomic E-state index is 0.0138. The summed E-state index contributed by atoms with van der Waals surface area (Å²) in [7, 11) is -4.10. The molecule has 0 bridgehead atoms. The molecule has 0 aromatic heterocycles. The zero-order valence-electron chi connectivity index (χ0n) is 80.1. The number of aliphatic hydroxyl groups is 1. The minimum atomic E-state index is -1.60. The molecule has 0 spiro atoms. The average Bonchev–Trinajstić information content (AvgIpc) is 0.868. The van der Waals surface area contributed by atoms with Gasteiger partial charge in [0.25, 0.3) is 0 Å². The van der Waals surface area contributed by atoms with Gasteiger partial charge in [-0.1, -0.05) is 39.3 Å². The van der Waals surface area contributed by atoms with Crippen molar-refractivity contribution in [2.24, 2.45) is 0 Å². The molecule has 0 saturated heterocycles. The van der Waals surface area contributed by atoms with E-state index < -0.39 is 26.2 Å². The molecule has 0 aliphatic heterocycles. The van der Waals surface area contributed by atoms with Crippen LogP contribution in [0.4, 0.5) is 0 Å². The van der Waals surface area contributed by atoms with Gasteiger partial charge in [-0.25, -0.2) is 0 Å². The molecule has 127 heavy (non-hydrogen) atoms. The molecule has 0 saturated carbocycles. The lowest BCUT2D eigenvalue weighted by Gasteiger charge is -2.30. The number of aliphatic hydroxyl groups excluding tert-OH is 1. The summed E-state index contributed by atoms with van der Waals surface area (Å²) < 4.78 is 185. The number of ether oxygens (including phenoxy) is 33. The Balaban J connectivity index is 3.22. The maximum absolute atomic E-state index is 10.6.